The second-order valence-corrected chi connectivity index (χ2v) is 6.67. The Bertz CT molecular complexity index is 523. The first-order chi connectivity index (χ1) is 9.61. The molecule has 2 aliphatic heterocycles. The summed E-state index contributed by atoms with van der Waals surface area (Å²) >= 11 is 3.38. The Morgan fingerprint density at radius 3 is 3.10 bits per heavy atom. The molecule has 2 fully saturated rings. The van der Waals surface area contributed by atoms with Crippen molar-refractivity contribution in [2.45, 2.75) is 31.8 Å². The summed E-state index contributed by atoms with van der Waals surface area (Å²) in [5, 5.41) is 3.10. The summed E-state index contributed by atoms with van der Waals surface area (Å²) in [6, 6.07) is 5.28. The SMILES string of the molecule is O=C1CCCC2CN(Cc3cc(Br)ccc3F)CC2N1. The van der Waals surface area contributed by atoms with E-state index in [1.807, 2.05) is 6.07 Å². The normalized spacial score (nSPS) is 27.0. The number of benzene rings is 1. The van der Waals surface area contributed by atoms with Crippen molar-refractivity contribution in [3.63, 3.8) is 0 Å². The lowest BCUT2D eigenvalue weighted by Crippen LogP contribution is -2.38. The van der Waals surface area contributed by atoms with Crippen molar-refractivity contribution in [2.75, 3.05) is 13.1 Å². The van der Waals surface area contributed by atoms with Crippen LogP contribution in [0.25, 0.3) is 0 Å². The van der Waals surface area contributed by atoms with E-state index in [1.165, 1.54) is 6.07 Å². The molecule has 2 aliphatic rings. The number of hydrogen-bond acceptors (Lipinski definition) is 2. The second kappa shape index (κ2) is 5.82. The van der Waals surface area contributed by atoms with E-state index in [1.54, 1.807) is 6.07 Å². The molecular formula is C15H18BrFN2O. The Morgan fingerprint density at radius 1 is 1.40 bits per heavy atom. The van der Waals surface area contributed by atoms with Gasteiger partial charge in [-0.15, -0.1) is 0 Å². The molecule has 0 aromatic heterocycles. The maximum Gasteiger partial charge on any atom is 0.220 e. The van der Waals surface area contributed by atoms with Crippen LogP contribution in [0.15, 0.2) is 22.7 Å². The van der Waals surface area contributed by atoms with E-state index < -0.39 is 0 Å². The van der Waals surface area contributed by atoms with Crippen LogP contribution in [0.4, 0.5) is 4.39 Å². The standard InChI is InChI=1S/C15H18BrFN2O/c16-12-4-5-13(17)11(6-12)8-19-7-10-2-1-3-15(20)18-14(10)9-19/h4-6,10,14H,1-3,7-9H2,(H,18,20). The summed E-state index contributed by atoms with van der Waals surface area (Å²) in [5.41, 5.74) is 0.710. The summed E-state index contributed by atoms with van der Waals surface area (Å²) in [7, 11) is 0. The molecule has 20 heavy (non-hydrogen) atoms. The maximum atomic E-state index is 13.8. The molecule has 1 aromatic carbocycles. The number of fused-ring (bicyclic) bond motifs is 1. The molecule has 0 saturated carbocycles. The number of likely N-dealkylation sites (tertiary alicyclic amines) is 1. The number of nitrogens with zero attached hydrogens (tertiary/aromatic N) is 1. The van der Waals surface area contributed by atoms with Crippen LogP contribution >= 0.6 is 15.9 Å². The maximum absolute atomic E-state index is 13.8. The van der Waals surface area contributed by atoms with Crippen LogP contribution in [0, 0.1) is 11.7 Å². The Morgan fingerprint density at radius 2 is 2.25 bits per heavy atom. The molecule has 2 unspecified atom stereocenters. The molecule has 1 N–H and O–H groups in total. The van der Waals surface area contributed by atoms with Crippen LogP contribution in [0.5, 0.6) is 0 Å². The third-order valence-electron chi connectivity index (χ3n) is 4.24. The fourth-order valence-corrected chi connectivity index (χ4v) is 3.66. The van der Waals surface area contributed by atoms with Crippen LogP contribution in [-0.4, -0.2) is 29.9 Å². The molecule has 2 atom stereocenters. The minimum absolute atomic E-state index is 0.160. The third kappa shape index (κ3) is 3.04. The molecule has 108 valence electrons. The first-order valence-corrected chi connectivity index (χ1v) is 7.87. The first kappa shape index (κ1) is 14.0. The van der Waals surface area contributed by atoms with Crippen molar-refractivity contribution in [1.82, 2.24) is 10.2 Å². The Hall–Kier alpha value is -0.940. The van der Waals surface area contributed by atoms with E-state index in [0.717, 1.165) is 30.4 Å². The number of carbonyl (C=O) groups excluding carboxylic acids is 1. The molecule has 2 heterocycles. The molecule has 5 heteroatoms. The van der Waals surface area contributed by atoms with Gasteiger partial charge in [0, 0.05) is 42.1 Å². The number of hydrogen-bond donors (Lipinski definition) is 1. The molecule has 0 aliphatic carbocycles. The number of rotatable bonds is 2. The van der Waals surface area contributed by atoms with Crippen molar-refractivity contribution in [3.8, 4) is 0 Å². The van der Waals surface area contributed by atoms with Crippen LogP contribution in [-0.2, 0) is 11.3 Å². The zero-order valence-electron chi connectivity index (χ0n) is 11.2. The number of halogens is 2. The van der Waals surface area contributed by atoms with Crippen molar-refractivity contribution in [2.24, 2.45) is 5.92 Å². The average Bonchev–Trinajstić information content (AvgIpc) is 2.67. The van der Waals surface area contributed by atoms with E-state index in [-0.39, 0.29) is 17.8 Å². The molecular weight excluding hydrogens is 323 g/mol. The summed E-state index contributed by atoms with van der Waals surface area (Å²) in [6.45, 7) is 2.37. The quantitative estimate of drug-likeness (QED) is 0.897. The Kier molecular flexibility index (Phi) is 4.08. The Labute approximate surface area is 126 Å². The van der Waals surface area contributed by atoms with Gasteiger partial charge in [-0.25, -0.2) is 4.39 Å². The van der Waals surface area contributed by atoms with E-state index >= 15 is 0 Å². The van der Waals surface area contributed by atoms with Gasteiger partial charge in [-0.1, -0.05) is 15.9 Å². The molecule has 1 aromatic rings. The van der Waals surface area contributed by atoms with Crippen LogP contribution in [0.1, 0.15) is 24.8 Å². The smallest absolute Gasteiger partial charge is 0.220 e. The van der Waals surface area contributed by atoms with Crippen LogP contribution in [0.3, 0.4) is 0 Å². The predicted molar refractivity (Wildman–Crippen MR) is 78.6 cm³/mol. The van der Waals surface area contributed by atoms with Gasteiger partial charge in [-0.2, -0.15) is 0 Å². The van der Waals surface area contributed by atoms with Crippen molar-refractivity contribution >= 4 is 21.8 Å². The first-order valence-electron chi connectivity index (χ1n) is 7.07. The minimum atomic E-state index is -0.163. The van der Waals surface area contributed by atoms with Crippen LogP contribution < -0.4 is 5.32 Å². The van der Waals surface area contributed by atoms with Crippen LogP contribution in [0.2, 0.25) is 0 Å². The van der Waals surface area contributed by atoms with Gasteiger partial charge in [-0.05, 0) is 37.0 Å². The van der Waals surface area contributed by atoms with Crippen molar-refractivity contribution < 1.29 is 9.18 Å². The van der Waals surface area contributed by atoms with Gasteiger partial charge in [0.25, 0.3) is 0 Å². The average molecular weight is 341 g/mol. The second-order valence-electron chi connectivity index (χ2n) is 5.76. The number of nitrogens with one attached hydrogen (secondary N) is 1. The van der Waals surface area contributed by atoms with Crippen molar-refractivity contribution in [1.29, 1.82) is 0 Å². The predicted octanol–water partition coefficient (Wildman–Crippen LogP) is 2.69. The molecule has 2 saturated heterocycles. The molecule has 3 rings (SSSR count). The van der Waals surface area contributed by atoms with Gasteiger partial charge < -0.3 is 5.32 Å². The van der Waals surface area contributed by atoms with E-state index in [2.05, 4.69) is 26.1 Å². The topological polar surface area (TPSA) is 32.3 Å². The number of amides is 1. The van der Waals surface area contributed by atoms with E-state index in [0.29, 0.717) is 24.4 Å². The van der Waals surface area contributed by atoms with E-state index in [4.69, 9.17) is 0 Å². The molecule has 0 spiro atoms. The monoisotopic (exact) mass is 340 g/mol. The highest BCUT2D eigenvalue weighted by atomic mass is 79.9. The highest BCUT2D eigenvalue weighted by Gasteiger charge is 2.35. The van der Waals surface area contributed by atoms with Gasteiger partial charge in [0.15, 0.2) is 0 Å². The molecule has 1 amide bonds. The van der Waals surface area contributed by atoms with E-state index in [9.17, 15) is 9.18 Å². The zero-order valence-corrected chi connectivity index (χ0v) is 12.8. The lowest BCUT2D eigenvalue weighted by molar-refractivity contribution is -0.121. The van der Waals surface area contributed by atoms with Gasteiger partial charge >= 0.3 is 0 Å². The lowest BCUT2D eigenvalue weighted by Gasteiger charge is -2.17. The van der Waals surface area contributed by atoms with Gasteiger partial charge in [0.1, 0.15) is 5.82 Å². The fraction of sp³-hybridized carbons (Fsp3) is 0.533. The Balaban J connectivity index is 1.68. The molecule has 3 nitrogen and oxygen atoms in total. The summed E-state index contributed by atoms with van der Waals surface area (Å²) in [6.07, 6.45) is 2.69. The highest BCUT2D eigenvalue weighted by Crippen LogP contribution is 2.27. The van der Waals surface area contributed by atoms with Gasteiger partial charge in [-0.3, -0.25) is 9.69 Å². The summed E-state index contributed by atoms with van der Waals surface area (Å²) in [4.78, 5) is 13.8. The molecule has 0 radical (unpaired) electrons. The zero-order chi connectivity index (χ0) is 14.1. The van der Waals surface area contributed by atoms with Crippen molar-refractivity contribution in [3.05, 3.63) is 34.1 Å². The fourth-order valence-electron chi connectivity index (χ4n) is 3.25. The largest absolute Gasteiger partial charge is 0.352 e. The molecule has 0 bridgehead atoms. The minimum Gasteiger partial charge on any atom is -0.352 e. The van der Waals surface area contributed by atoms with Gasteiger partial charge in [0.2, 0.25) is 5.91 Å². The highest BCUT2D eigenvalue weighted by molar-refractivity contribution is 9.10. The lowest BCUT2D eigenvalue weighted by atomic mass is 9.99. The number of carbonyl (C=O) groups is 1. The summed E-state index contributed by atoms with van der Waals surface area (Å²) < 4.78 is 14.7. The summed E-state index contributed by atoms with van der Waals surface area (Å²) in [5.74, 6) is 0.508. The third-order valence-corrected chi connectivity index (χ3v) is 4.74. The van der Waals surface area contributed by atoms with Gasteiger partial charge in [0.05, 0.1) is 0 Å².